The molecule has 4 fully saturated rings. The Morgan fingerprint density at radius 2 is 1.54 bits per heavy atom. The second-order valence-corrected chi connectivity index (χ2v) is 9.89. The normalized spacial score (nSPS) is 41.5. The number of hydrogen-bond donors (Lipinski definition) is 0. The van der Waals surface area contributed by atoms with Crippen LogP contribution in [0.1, 0.15) is 97.3 Å². The van der Waals surface area contributed by atoms with Crippen molar-refractivity contribution in [2.75, 3.05) is 6.54 Å². The van der Waals surface area contributed by atoms with Crippen LogP contribution in [-0.4, -0.2) is 30.2 Å². The Morgan fingerprint density at radius 1 is 0.875 bits per heavy atom. The second kappa shape index (κ2) is 7.01. The highest BCUT2D eigenvalue weighted by Gasteiger charge is 2.74. The fraction of sp³-hybridized carbons (Fsp3) is 1.00. The molecular formula is C21H39B2N. The molecule has 3 aliphatic heterocycles. The van der Waals surface area contributed by atoms with E-state index >= 15 is 0 Å². The lowest BCUT2D eigenvalue weighted by Gasteiger charge is -2.51. The molecule has 3 saturated heterocycles. The van der Waals surface area contributed by atoms with Crippen molar-refractivity contribution in [1.82, 2.24) is 4.81 Å². The van der Waals surface area contributed by atoms with Crippen molar-refractivity contribution < 1.29 is 0 Å². The standard InChI is InChI=1S/C21H39B2N/c1-3-21-18-20(21,2)24-17-13-9-5-8-12-16-23(24)22-15-11-7-4-6-10-14-19(21)22/h19H,3-18H2,1-2H3. The lowest BCUT2D eigenvalue weighted by atomic mass is 9.04. The van der Waals surface area contributed by atoms with E-state index in [1.165, 1.54) is 89.9 Å². The van der Waals surface area contributed by atoms with Gasteiger partial charge < -0.3 is 4.81 Å². The zero-order valence-corrected chi connectivity index (χ0v) is 16.5. The van der Waals surface area contributed by atoms with Gasteiger partial charge in [0.2, 0.25) is 0 Å². The van der Waals surface area contributed by atoms with E-state index in [-0.39, 0.29) is 0 Å². The largest absolute Gasteiger partial charge is 0.343 e. The van der Waals surface area contributed by atoms with Crippen molar-refractivity contribution in [3.63, 3.8) is 0 Å². The third kappa shape index (κ3) is 2.72. The van der Waals surface area contributed by atoms with Crippen molar-refractivity contribution >= 4 is 13.3 Å². The molecule has 0 aromatic carbocycles. The van der Waals surface area contributed by atoms with Crippen LogP contribution in [0.15, 0.2) is 0 Å². The Kier molecular flexibility index (Phi) is 5.11. The molecule has 0 bridgehead atoms. The lowest BCUT2D eigenvalue weighted by molar-refractivity contribution is 0.217. The average Bonchev–Trinajstić information content (AvgIpc) is 3.15. The summed E-state index contributed by atoms with van der Waals surface area (Å²) in [6.45, 7) is 8.55. The molecule has 0 aromatic heterocycles. The maximum Gasteiger partial charge on any atom is 0.189 e. The molecule has 3 heteroatoms. The molecule has 24 heavy (non-hydrogen) atoms. The van der Waals surface area contributed by atoms with Gasteiger partial charge in [0.15, 0.2) is 6.74 Å². The SMILES string of the molecule is CCC12CC1(C)N1CCCCCCCB1B1CCCCCCCC12. The molecule has 3 atom stereocenters. The predicted molar refractivity (Wildman–Crippen MR) is 108 cm³/mol. The molecule has 1 saturated carbocycles. The van der Waals surface area contributed by atoms with E-state index < -0.39 is 0 Å². The summed E-state index contributed by atoms with van der Waals surface area (Å²) in [5.74, 6) is 1.05. The van der Waals surface area contributed by atoms with Crippen LogP contribution in [0, 0.1) is 5.41 Å². The van der Waals surface area contributed by atoms with Gasteiger partial charge in [0, 0.05) is 5.54 Å². The Hall–Kier alpha value is 0.0899. The molecular weight excluding hydrogens is 288 g/mol. The topological polar surface area (TPSA) is 3.24 Å². The van der Waals surface area contributed by atoms with E-state index in [4.69, 9.17) is 0 Å². The second-order valence-electron chi connectivity index (χ2n) is 9.89. The summed E-state index contributed by atoms with van der Waals surface area (Å²) < 4.78 is 0. The van der Waals surface area contributed by atoms with E-state index in [0.717, 1.165) is 19.2 Å². The predicted octanol–water partition coefficient (Wildman–Crippen LogP) is 6.11. The monoisotopic (exact) mass is 327 g/mol. The van der Waals surface area contributed by atoms with Crippen LogP contribution in [0.4, 0.5) is 0 Å². The van der Waals surface area contributed by atoms with Crippen LogP contribution in [0.5, 0.6) is 0 Å². The first kappa shape index (κ1) is 17.5. The molecule has 0 aromatic rings. The van der Waals surface area contributed by atoms with E-state index in [2.05, 4.69) is 18.7 Å². The highest BCUT2D eigenvalue weighted by atomic mass is 15.2. The molecule has 0 N–H and O–H groups in total. The Bertz CT molecular complexity index is 442. The molecule has 1 aliphatic carbocycles. The third-order valence-corrected chi connectivity index (χ3v) is 8.94. The van der Waals surface area contributed by atoms with E-state index in [1.54, 1.807) is 12.7 Å². The minimum Gasteiger partial charge on any atom is -0.343 e. The number of rotatable bonds is 1. The first-order chi connectivity index (χ1) is 11.7. The van der Waals surface area contributed by atoms with Crippen LogP contribution in [0.25, 0.3) is 0 Å². The van der Waals surface area contributed by atoms with Gasteiger partial charge in [-0.05, 0) is 38.1 Å². The van der Waals surface area contributed by atoms with E-state index in [0.29, 0.717) is 11.0 Å². The number of hydrogen-bond acceptors (Lipinski definition) is 1. The zero-order chi connectivity index (χ0) is 16.6. The minimum absolute atomic E-state index is 0.561. The number of fused-ring (bicyclic) bond motifs is 6. The maximum absolute atomic E-state index is 3.10. The first-order valence-electron chi connectivity index (χ1n) is 11.5. The Balaban J connectivity index is 1.67. The Labute approximate surface area is 151 Å². The summed E-state index contributed by atoms with van der Waals surface area (Å²) in [5.41, 5.74) is 1.25. The van der Waals surface area contributed by atoms with Crippen molar-refractivity contribution in [3.05, 3.63) is 0 Å². The lowest BCUT2D eigenvalue weighted by Crippen LogP contribution is -2.64. The van der Waals surface area contributed by atoms with Gasteiger partial charge in [0.25, 0.3) is 0 Å². The van der Waals surface area contributed by atoms with Crippen LogP contribution in [0.3, 0.4) is 0 Å². The van der Waals surface area contributed by atoms with Crippen LogP contribution in [0.2, 0.25) is 18.5 Å². The average molecular weight is 327 g/mol. The molecule has 1 nitrogen and oxygen atoms in total. The van der Waals surface area contributed by atoms with Gasteiger partial charge >= 0.3 is 0 Å². The first-order valence-corrected chi connectivity index (χ1v) is 11.5. The van der Waals surface area contributed by atoms with E-state index in [9.17, 15) is 0 Å². The van der Waals surface area contributed by atoms with Crippen LogP contribution in [-0.2, 0) is 0 Å². The maximum atomic E-state index is 3.10. The quantitative estimate of drug-likeness (QED) is 0.525. The summed E-state index contributed by atoms with van der Waals surface area (Å²) in [5, 5.41) is 0. The number of nitrogens with zero attached hydrogens (tertiary/aromatic N) is 1. The molecule has 4 rings (SSSR count). The summed E-state index contributed by atoms with van der Waals surface area (Å²) in [4.78, 5) is 3.10. The minimum atomic E-state index is 0.561. The van der Waals surface area contributed by atoms with Crippen molar-refractivity contribution in [2.45, 2.75) is 121 Å². The smallest absolute Gasteiger partial charge is 0.189 e. The van der Waals surface area contributed by atoms with Crippen molar-refractivity contribution in [1.29, 1.82) is 0 Å². The van der Waals surface area contributed by atoms with Gasteiger partial charge in [-0.1, -0.05) is 89.6 Å². The van der Waals surface area contributed by atoms with Gasteiger partial charge in [-0.15, -0.1) is 0 Å². The van der Waals surface area contributed by atoms with Crippen molar-refractivity contribution in [2.24, 2.45) is 5.41 Å². The van der Waals surface area contributed by atoms with Gasteiger partial charge in [0.1, 0.15) is 6.60 Å². The third-order valence-electron chi connectivity index (χ3n) is 8.94. The van der Waals surface area contributed by atoms with Crippen LogP contribution < -0.4 is 0 Å². The molecule has 0 amide bonds. The Morgan fingerprint density at radius 3 is 2.33 bits per heavy atom. The molecule has 0 radical (unpaired) electrons. The zero-order valence-electron chi connectivity index (χ0n) is 16.5. The molecule has 3 unspecified atom stereocenters. The van der Waals surface area contributed by atoms with E-state index in [1.807, 2.05) is 0 Å². The summed E-state index contributed by atoms with van der Waals surface area (Å²) in [7, 11) is 0. The molecule has 0 spiro atoms. The molecule has 3 heterocycles. The fourth-order valence-corrected chi connectivity index (χ4v) is 7.64. The van der Waals surface area contributed by atoms with Gasteiger partial charge in [-0.25, -0.2) is 0 Å². The molecule has 4 aliphatic rings. The van der Waals surface area contributed by atoms with Gasteiger partial charge in [-0.3, -0.25) is 0 Å². The van der Waals surface area contributed by atoms with Crippen molar-refractivity contribution in [3.8, 4) is 0 Å². The summed E-state index contributed by atoms with van der Waals surface area (Å²) in [6, 6.07) is 0. The highest BCUT2D eigenvalue weighted by Crippen LogP contribution is 2.73. The van der Waals surface area contributed by atoms with Crippen LogP contribution >= 0.6 is 0 Å². The summed E-state index contributed by atoms with van der Waals surface area (Å²) >= 11 is 0. The fourth-order valence-electron chi connectivity index (χ4n) is 7.64. The van der Waals surface area contributed by atoms with Gasteiger partial charge in [0.05, 0.1) is 0 Å². The van der Waals surface area contributed by atoms with Gasteiger partial charge in [-0.2, -0.15) is 0 Å². The highest BCUT2D eigenvalue weighted by molar-refractivity contribution is 7.22. The molecule has 134 valence electrons. The summed E-state index contributed by atoms with van der Waals surface area (Å²) in [6.07, 6.45) is 22.6.